The Kier molecular flexibility index (Phi) is 5.11. The van der Waals surface area contributed by atoms with Crippen LogP contribution in [-0.2, 0) is 6.54 Å². The van der Waals surface area contributed by atoms with Gasteiger partial charge in [0.1, 0.15) is 0 Å². The van der Waals surface area contributed by atoms with Crippen molar-refractivity contribution in [3.8, 4) is 0 Å². The maximum atomic E-state index is 11.5. The second kappa shape index (κ2) is 6.83. The van der Waals surface area contributed by atoms with E-state index in [1.54, 1.807) is 6.07 Å². The number of hydrogen-bond donors (Lipinski definition) is 2. The summed E-state index contributed by atoms with van der Waals surface area (Å²) in [4.78, 5) is 16.5. The third kappa shape index (κ3) is 3.56. The van der Waals surface area contributed by atoms with Crippen molar-refractivity contribution in [1.29, 1.82) is 0 Å². The van der Waals surface area contributed by atoms with Crippen LogP contribution in [0.4, 0.5) is 0 Å². The predicted molar refractivity (Wildman–Crippen MR) is 80.1 cm³/mol. The number of rotatable bonds is 4. The zero-order chi connectivity index (χ0) is 14.5. The van der Waals surface area contributed by atoms with E-state index >= 15 is 0 Å². The van der Waals surface area contributed by atoms with E-state index in [0.29, 0.717) is 11.6 Å². The van der Waals surface area contributed by atoms with Crippen molar-refractivity contribution < 1.29 is 4.79 Å². The zero-order valence-corrected chi connectivity index (χ0v) is 12.3. The molecule has 3 N–H and O–H groups in total. The first-order valence-electron chi connectivity index (χ1n) is 7.20. The fraction of sp³-hybridized carbons (Fsp3) is 0.533. The smallest absolute Gasteiger partial charge is 0.265 e. The lowest BCUT2D eigenvalue weighted by Gasteiger charge is -2.39. The number of nitrogen functional groups attached to an aromatic ring is 1. The average molecular weight is 276 g/mol. The fourth-order valence-corrected chi connectivity index (χ4v) is 2.84. The van der Waals surface area contributed by atoms with E-state index < -0.39 is 0 Å². The molecule has 5 heteroatoms. The molecular formula is C15H24N4O. The second-order valence-corrected chi connectivity index (χ2v) is 5.39. The highest BCUT2D eigenvalue weighted by Crippen LogP contribution is 2.14. The molecule has 0 bridgehead atoms. The van der Waals surface area contributed by atoms with Gasteiger partial charge in [0.2, 0.25) is 0 Å². The van der Waals surface area contributed by atoms with Gasteiger partial charge in [0.15, 0.2) is 0 Å². The minimum atomic E-state index is -0.240. The minimum Gasteiger partial charge on any atom is -0.298 e. The molecule has 5 nitrogen and oxygen atoms in total. The summed E-state index contributed by atoms with van der Waals surface area (Å²) in [7, 11) is 0. The summed E-state index contributed by atoms with van der Waals surface area (Å²) in [5.41, 5.74) is 3.95. The number of nitrogens with two attached hydrogens (primary N) is 1. The first kappa shape index (κ1) is 15.0. The van der Waals surface area contributed by atoms with Crippen LogP contribution in [0.25, 0.3) is 0 Å². The van der Waals surface area contributed by atoms with Gasteiger partial charge in [-0.15, -0.1) is 0 Å². The fourth-order valence-electron chi connectivity index (χ4n) is 2.84. The summed E-state index contributed by atoms with van der Waals surface area (Å²) in [6.45, 7) is 9.73. The number of benzene rings is 1. The van der Waals surface area contributed by atoms with Crippen molar-refractivity contribution in [1.82, 2.24) is 15.2 Å². The van der Waals surface area contributed by atoms with Crippen LogP contribution < -0.4 is 11.3 Å². The first-order valence-corrected chi connectivity index (χ1v) is 7.20. The van der Waals surface area contributed by atoms with Crippen LogP contribution in [0, 0.1) is 0 Å². The molecule has 1 atom stereocenters. The van der Waals surface area contributed by atoms with Gasteiger partial charge >= 0.3 is 0 Å². The lowest BCUT2D eigenvalue weighted by atomic mass is 10.1. The Bertz CT molecular complexity index is 463. The highest BCUT2D eigenvalue weighted by Gasteiger charge is 2.22. The van der Waals surface area contributed by atoms with Gasteiger partial charge < -0.3 is 0 Å². The monoisotopic (exact) mass is 276 g/mol. The summed E-state index contributed by atoms with van der Waals surface area (Å²) in [6, 6.07) is 8.25. The van der Waals surface area contributed by atoms with E-state index in [1.165, 1.54) is 0 Å². The largest absolute Gasteiger partial charge is 0.298 e. The molecule has 0 aliphatic carbocycles. The molecule has 1 heterocycles. The van der Waals surface area contributed by atoms with Crippen LogP contribution in [0.2, 0.25) is 0 Å². The van der Waals surface area contributed by atoms with E-state index in [2.05, 4.69) is 35.1 Å². The third-order valence-electron chi connectivity index (χ3n) is 3.98. The van der Waals surface area contributed by atoms with Crippen LogP contribution in [0.1, 0.15) is 29.8 Å². The number of hydrogen-bond acceptors (Lipinski definition) is 4. The summed E-state index contributed by atoms with van der Waals surface area (Å²) in [6.07, 6.45) is 0. The molecule has 110 valence electrons. The maximum absolute atomic E-state index is 11.5. The third-order valence-corrected chi connectivity index (χ3v) is 3.98. The van der Waals surface area contributed by atoms with Gasteiger partial charge in [0.25, 0.3) is 5.91 Å². The zero-order valence-electron chi connectivity index (χ0n) is 12.3. The molecule has 2 rings (SSSR count). The molecule has 1 aliphatic rings. The van der Waals surface area contributed by atoms with Gasteiger partial charge in [-0.05, 0) is 31.2 Å². The topological polar surface area (TPSA) is 61.6 Å². The molecule has 1 aromatic carbocycles. The molecule has 1 fully saturated rings. The van der Waals surface area contributed by atoms with Gasteiger partial charge in [0, 0.05) is 37.8 Å². The average Bonchev–Trinajstić information content (AvgIpc) is 2.47. The van der Waals surface area contributed by atoms with Crippen LogP contribution in [-0.4, -0.2) is 47.9 Å². The van der Waals surface area contributed by atoms with Crippen LogP contribution in [0.3, 0.4) is 0 Å². The van der Waals surface area contributed by atoms with E-state index in [9.17, 15) is 4.79 Å². The normalized spacial score (nSPS) is 20.9. The Balaban J connectivity index is 1.99. The standard InChI is InChI=1S/C15H24N4O/c1-3-19-8-7-18(10-12(19)2)11-13-5-4-6-14(9-13)15(20)17-16/h4-6,9,12H,3,7-8,10-11,16H2,1-2H3,(H,17,20). The van der Waals surface area contributed by atoms with Crippen LogP contribution in [0.5, 0.6) is 0 Å². The number of amides is 1. The molecule has 0 spiro atoms. The maximum Gasteiger partial charge on any atom is 0.265 e. The summed E-state index contributed by atoms with van der Waals surface area (Å²) in [5, 5.41) is 0. The Hall–Kier alpha value is -1.43. The lowest BCUT2D eigenvalue weighted by Crippen LogP contribution is -2.51. The predicted octanol–water partition coefficient (Wildman–Crippen LogP) is 0.816. The van der Waals surface area contributed by atoms with Gasteiger partial charge in [-0.1, -0.05) is 19.1 Å². The van der Waals surface area contributed by atoms with Crippen molar-refractivity contribution in [2.75, 3.05) is 26.2 Å². The Morgan fingerprint density at radius 3 is 2.90 bits per heavy atom. The Morgan fingerprint density at radius 1 is 1.45 bits per heavy atom. The van der Waals surface area contributed by atoms with Crippen molar-refractivity contribution in [3.05, 3.63) is 35.4 Å². The lowest BCUT2D eigenvalue weighted by molar-refractivity contribution is 0.0833. The number of hydrazine groups is 1. The Morgan fingerprint density at radius 2 is 2.25 bits per heavy atom. The van der Waals surface area contributed by atoms with Crippen molar-refractivity contribution >= 4 is 5.91 Å². The van der Waals surface area contributed by atoms with Gasteiger partial charge in [-0.3, -0.25) is 20.0 Å². The molecule has 1 aromatic rings. The number of carbonyl (C=O) groups excluding carboxylic acids is 1. The van der Waals surface area contributed by atoms with Gasteiger partial charge in [0.05, 0.1) is 0 Å². The van der Waals surface area contributed by atoms with Crippen molar-refractivity contribution in [3.63, 3.8) is 0 Å². The molecular weight excluding hydrogens is 252 g/mol. The van der Waals surface area contributed by atoms with Crippen LogP contribution >= 0.6 is 0 Å². The van der Waals surface area contributed by atoms with Crippen LogP contribution in [0.15, 0.2) is 24.3 Å². The second-order valence-electron chi connectivity index (χ2n) is 5.39. The number of carbonyl (C=O) groups is 1. The molecule has 20 heavy (non-hydrogen) atoms. The number of piperazine rings is 1. The van der Waals surface area contributed by atoms with E-state index in [4.69, 9.17) is 5.84 Å². The summed E-state index contributed by atoms with van der Waals surface area (Å²) in [5.74, 6) is 4.93. The van der Waals surface area contributed by atoms with E-state index in [0.717, 1.165) is 38.3 Å². The molecule has 1 saturated heterocycles. The van der Waals surface area contributed by atoms with Gasteiger partial charge in [-0.25, -0.2) is 5.84 Å². The number of nitrogens with zero attached hydrogens (tertiary/aromatic N) is 2. The highest BCUT2D eigenvalue weighted by atomic mass is 16.2. The Labute approximate surface area is 120 Å². The number of nitrogens with one attached hydrogen (secondary N) is 1. The summed E-state index contributed by atoms with van der Waals surface area (Å²) < 4.78 is 0. The SMILES string of the molecule is CCN1CCN(Cc2cccc(C(=O)NN)c2)CC1C. The number of likely N-dealkylation sites (N-methyl/N-ethyl adjacent to an activating group) is 1. The summed E-state index contributed by atoms with van der Waals surface area (Å²) >= 11 is 0. The minimum absolute atomic E-state index is 0.240. The molecule has 1 amide bonds. The van der Waals surface area contributed by atoms with E-state index in [1.807, 2.05) is 12.1 Å². The van der Waals surface area contributed by atoms with Crippen molar-refractivity contribution in [2.45, 2.75) is 26.4 Å². The molecule has 0 radical (unpaired) electrons. The molecule has 1 unspecified atom stereocenters. The highest BCUT2D eigenvalue weighted by molar-refractivity contribution is 5.93. The van der Waals surface area contributed by atoms with E-state index in [-0.39, 0.29) is 5.91 Å². The van der Waals surface area contributed by atoms with Gasteiger partial charge in [-0.2, -0.15) is 0 Å². The molecule has 1 aliphatic heterocycles. The molecule has 0 aromatic heterocycles. The quantitative estimate of drug-likeness (QED) is 0.485. The van der Waals surface area contributed by atoms with Crippen molar-refractivity contribution in [2.24, 2.45) is 5.84 Å². The molecule has 0 saturated carbocycles. The first-order chi connectivity index (χ1) is 9.63.